The van der Waals surface area contributed by atoms with Crippen LogP contribution in [-0.4, -0.2) is 27.1 Å². The lowest BCUT2D eigenvalue weighted by Gasteiger charge is -2.09. The van der Waals surface area contributed by atoms with Gasteiger partial charge in [0.25, 0.3) is 0 Å². The number of aliphatic hydroxyl groups excluding tert-OH is 1. The number of Topliss-reactive ketones (excluding diaryl/α,β-unsaturated/α-hetero) is 1. The summed E-state index contributed by atoms with van der Waals surface area (Å²) in [6.07, 6.45) is -1.59. The molecule has 5 heteroatoms. The van der Waals surface area contributed by atoms with Gasteiger partial charge in [-0.2, -0.15) is 0 Å². The average Bonchev–Trinajstić information content (AvgIpc) is 2.15. The standard InChI is InChI=1S/C11H12O5/c1-6(12)4-7-2-3-8(9(13)5-7)10(14)11(15)16/h2-3,5,10,13-14H,4H2,1H3,(H,15,16). The number of phenolic OH excluding ortho intramolecular Hbond substituents is 1. The quantitative estimate of drug-likeness (QED) is 0.697. The lowest BCUT2D eigenvalue weighted by molar-refractivity contribution is -0.147. The highest BCUT2D eigenvalue weighted by molar-refractivity contribution is 5.79. The highest BCUT2D eigenvalue weighted by Gasteiger charge is 2.19. The Kier molecular flexibility index (Phi) is 3.63. The van der Waals surface area contributed by atoms with Gasteiger partial charge in [0.2, 0.25) is 0 Å². The molecule has 0 amide bonds. The maximum atomic E-state index is 10.8. The third-order valence-electron chi connectivity index (χ3n) is 2.08. The summed E-state index contributed by atoms with van der Waals surface area (Å²) in [5.74, 6) is -1.82. The van der Waals surface area contributed by atoms with E-state index < -0.39 is 12.1 Å². The molecular weight excluding hydrogens is 212 g/mol. The fourth-order valence-corrected chi connectivity index (χ4v) is 1.35. The molecule has 0 aliphatic rings. The van der Waals surface area contributed by atoms with Crippen LogP contribution in [0.5, 0.6) is 5.75 Å². The molecule has 1 rings (SSSR count). The van der Waals surface area contributed by atoms with Crippen molar-refractivity contribution < 1.29 is 24.9 Å². The zero-order valence-electron chi connectivity index (χ0n) is 8.67. The van der Waals surface area contributed by atoms with Crippen LogP contribution in [0.25, 0.3) is 0 Å². The third kappa shape index (κ3) is 2.80. The van der Waals surface area contributed by atoms with Crippen LogP contribution in [0.2, 0.25) is 0 Å². The van der Waals surface area contributed by atoms with E-state index in [4.69, 9.17) is 5.11 Å². The number of carbonyl (C=O) groups is 2. The van der Waals surface area contributed by atoms with Gasteiger partial charge < -0.3 is 15.3 Å². The van der Waals surface area contributed by atoms with Crippen LogP contribution in [0, 0.1) is 0 Å². The summed E-state index contributed by atoms with van der Waals surface area (Å²) in [5, 5.41) is 27.3. The van der Waals surface area contributed by atoms with E-state index in [9.17, 15) is 19.8 Å². The summed E-state index contributed by atoms with van der Waals surface area (Å²) >= 11 is 0. The Bertz CT molecular complexity index is 424. The van der Waals surface area contributed by atoms with Crippen LogP contribution in [-0.2, 0) is 16.0 Å². The van der Waals surface area contributed by atoms with E-state index in [0.717, 1.165) is 0 Å². The summed E-state index contributed by atoms with van der Waals surface area (Å²) < 4.78 is 0. The SMILES string of the molecule is CC(=O)Cc1ccc(C(O)C(=O)O)c(O)c1. The molecule has 1 aromatic carbocycles. The van der Waals surface area contributed by atoms with Crippen LogP contribution in [0.1, 0.15) is 24.2 Å². The molecule has 0 heterocycles. The lowest BCUT2D eigenvalue weighted by atomic mass is 10.0. The van der Waals surface area contributed by atoms with Crippen molar-refractivity contribution in [3.63, 3.8) is 0 Å². The molecule has 0 aliphatic heterocycles. The molecule has 5 nitrogen and oxygen atoms in total. The van der Waals surface area contributed by atoms with E-state index in [1.165, 1.54) is 25.1 Å². The number of phenols is 1. The molecule has 86 valence electrons. The highest BCUT2D eigenvalue weighted by atomic mass is 16.4. The molecule has 0 saturated carbocycles. The van der Waals surface area contributed by atoms with Gasteiger partial charge in [0, 0.05) is 12.0 Å². The van der Waals surface area contributed by atoms with Crippen molar-refractivity contribution in [3.8, 4) is 5.75 Å². The van der Waals surface area contributed by atoms with E-state index in [1.54, 1.807) is 0 Å². The minimum atomic E-state index is -1.76. The first-order valence-corrected chi connectivity index (χ1v) is 4.64. The topological polar surface area (TPSA) is 94.8 Å². The molecule has 0 aliphatic carbocycles. The monoisotopic (exact) mass is 224 g/mol. The van der Waals surface area contributed by atoms with Crippen LogP contribution >= 0.6 is 0 Å². The molecule has 1 atom stereocenters. The predicted molar refractivity (Wildman–Crippen MR) is 55.1 cm³/mol. The lowest BCUT2D eigenvalue weighted by Crippen LogP contribution is -2.10. The van der Waals surface area contributed by atoms with Gasteiger partial charge in [0.15, 0.2) is 6.10 Å². The number of benzene rings is 1. The second-order valence-electron chi connectivity index (χ2n) is 3.51. The van der Waals surface area contributed by atoms with Gasteiger partial charge in [-0.3, -0.25) is 4.79 Å². The Morgan fingerprint density at radius 3 is 2.44 bits per heavy atom. The number of rotatable bonds is 4. The summed E-state index contributed by atoms with van der Waals surface area (Å²) in [4.78, 5) is 21.3. The molecule has 1 unspecified atom stereocenters. The van der Waals surface area contributed by atoms with E-state index >= 15 is 0 Å². The Morgan fingerprint density at radius 1 is 1.38 bits per heavy atom. The number of aliphatic carboxylic acids is 1. The van der Waals surface area contributed by atoms with Crippen molar-refractivity contribution in [2.24, 2.45) is 0 Å². The van der Waals surface area contributed by atoms with Gasteiger partial charge in [-0.15, -0.1) is 0 Å². The number of ketones is 1. The number of hydrogen-bond donors (Lipinski definition) is 3. The van der Waals surface area contributed by atoms with Gasteiger partial charge in [0.1, 0.15) is 11.5 Å². The number of carboxylic acid groups (broad SMARTS) is 1. The molecular formula is C11H12O5. The molecule has 16 heavy (non-hydrogen) atoms. The number of aliphatic hydroxyl groups is 1. The largest absolute Gasteiger partial charge is 0.508 e. The first-order valence-electron chi connectivity index (χ1n) is 4.64. The number of carboxylic acids is 1. The van der Waals surface area contributed by atoms with Crippen molar-refractivity contribution >= 4 is 11.8 Å². The van der Waals surface area contributed by atoms with Gasteiger partial charge in [0.05, 0.1) is 0 Å². The Labute approximate surface area is 92.0 Å². The summed E-state index contributed by atoms with van der Waals surface area (Å²) in [6.45, 7) is 1.41. The second-order valence-corrected chi connectivity index (χ2v) is 3.51. The van der Waals surface area contributed by atoms with Crippen molar-refractivity contribution in [1.29, 1.82) is 0 Å². The maximum Gasteiger partial charge on any atom is 0.337 e. The first-order chi connectivity index (χ1) is 7.41. The van der Waals surface area contributed by atoms with E-state index in [1.807, 2.05) is 0 Å². The second kappa shape index (κ2) is 4.76. The number of hydrogen-bond acceptors (Lipinski definition) is 4. The third-order valence-corrected chi connectivity index (χ3v) is 2.08. The molecule has 0 fully saturated rings. The fraction of sp³-hybridized carbons (Fsp3) is 0.273. The number of carbonyl (C=O) groups excluding carboxylic acids is 1. The average molecular weight is 224 g/mol. The van der Waals surface area contributed by atoms with E-state index in [0.29, 0.717) is 5.56 Å². The molecule has 0 bridgehead atoms. The van der Waals surface area contributed by atoms with Gasteiger partial charge in [-0.05, 0) is 18.6 Å². The Balaban J connectivity index is 3.00. The van der Waals surface area contributed by atoms with Crippen molar-refractivity contribution in [1.82, 2.24) is 0 Å². The van der Waals surface area contributed by atoms with Crippen LogP contribution in [0.3, 0.4) is 0 Å². The molecule has 0 saturated heterocycles. The smallest absolute Gasteiger partial charge is 0.337 e. The van der Waals surface area contributed by atoms with E-state index in [2.05, 4.69) is 0 Å². The molecule has 1 aromatic rings. The van der Waals surface area contributed by atoms with Crippen LogP contribution < -0.4 is 0 Å². The van der Waals surface area contributed by atoms with Crippen LogP contribution in [0.15, 0.2) is 18.2 Å². The summed E-state index contributed by atoms with van der Waals surface area (Å²) in [6, 6.07) is 4.08. The van der Waals surface area contributed by atoms with Gasteiger partial charge in [-0.25, -0.2) is 4.79 Å². The van der Waals surface area contributed by atoms with Gasteiger partial charge >= 0.3 is 5.97 Å². The summed E-state index contributed by atoms with van der Waals surface area (Å²) in [5.41, 5.74) is 0.492. The Hall–Kier alpha value is -1.88. The highest BCUT2D eigenvalue weighted by Crippen LogP contribution is 2.25. The maximum absolute atomic E-state index is 10.8. The minimum Gasteiger partial charge on any atom is -0.508 e. The molecule has 0 radical (unpaired) electrons. The number of aromatic hydroxyl groups is 1. The Morgan fingerprint density at radius 2 is 2.00 bits per heavy atom. The molecule has 3 N–H and O–H groups in total. The zero-order chi connectivity index (χ0) is 12.3. The zero-order valence-corrected chi connectivity index (χ0v) is 8.67. The normalized spacial score (nSPS) is 12.1. The molecule has 0 spiro atoms. The fourth-order valence-electron chi connectivity index (χ4n) is 1.35. The molecule has 0 aromatic heterocycles. The van der Waals surface area contributed by atoms with Crippen LogP contribution in [0.4, 0.5) is 0 Å². The minimum absolute atomic E-state index is 0.0640. The van der Waals surface area contributed by atoms with Crippen molar-refractivity contribution in [3.05, 3.63) is 29.3 Å². The summed E-state index contributed by atoms with van der Waals surface area (Å²) in [7, 11) is 0. The van der Waals surface area contributed by atoms with Crippen molar-refractivity contribution in [2.75, 3.05) is 0 Å². The van der Waals surface area contributed by atoms with Crippen molar-refractivity contribution in [2.45, 2.75) is 19.4 Å². The predicted octanol–water partition coefficient (Wildman–Crippen LogP) is 0.642. The first kappa shape index (κ1) is 12.2. The van der Waals surface area contributed by atoms with E-state index in [-0.39, 0.29) is 23.5 Å². The van der Waals surface area contributed by atoms with Gasteiger partial charge in [-0.1, -0.05) is 12.1 Å².